The van der Waals surface area contributed by atoms with Gasteiger partial charge in [0.2, 0.25) is 0 Å². The first-order valence-corrected chi connectivity index (χ1v) is 7.54. The fourth-order valence-corrected chi connectivity index (χ4v) is 3.07. The maximum Gasteiger partial charge on any atom is 0.317 e. The summed E-state index contributed by atoms with van der Waals surface area (Å²) < 4.78 is 0. The first kappa shape index (κ1) is 13.5. The van der Waals surface area contributed by atoms with Gasteiger partial charge in [-0.05, 0) is 50.0 Å². The highest BCUT2D eigenvalue weighted by atomic mass is 16.2. The zero-order valence-corrected chi connectivity index (χ0v) is 12.6. The van der Waals surface area contributed by atoms with Crippen molar-refractivity contribution in [2.24, 2.45) is 5.41 Å². The van der Waals surface area contributed by atoms with E-state index in [0.717, 1.165) is 19.3 Å². The molecule has 5 heteroatoms. The van der Waals surface area contributed by atoms with E-state index in [0.29, 0.717) is 11.5 Å². The monoisotopic (exact) mass is 276 g/mol. The number of aryl methyl sites for hydroxylation is 1. The smallest absolute Gasteiger partial charge is 0.317 e. The van der Waals surface area contributed by atoms with Gasteiger partial charge in [-0.1, -0.05) is 6.92 Å². The number of hydrogen-bond donors (Lipinski definition) is 2. The molecule has 2 aliphatic rings. The molecule has 0 radical (unpaired) electrons. The normalized spacial score (nSPS) is 24.6. The molecule has 1 saturated carbocycles. The third kappa shape index (κ3) is 2.41. The number of nitrogens with one attached hydrogen (secondary N) is 2. The van der Waals surface area contributed by atoms with Crippen LogP contribution in [-0.4, -0.2) is 40.3 Å². The highest BCUT2D eigenvalue weighted by Crippen LogP contribution is 2.49. The Hall–Kier alpha value is -1.52. The number of aromatic amines is 1. The fraction of sp³-hybridized carbons (Fsp3) is 0.733. The van der Waals surface area contributed by atoms with Crippen molar-refractivity contribution in [3.8, 4) is 0 Å². The summed E-state index contributed by atoms with van der Waals surface area (Å²) in [6, 6.07) is 0.590. The lowest BCUT2D eigenvalue weighted by molar-refractivity contribution is 0.166. The van der Waals surface area contributed by atoms with Gasteiger partial charge in [-0.2, -0.15) is 5.10 Å². The van der Waals surface area contributed by atoms with Gasteiger partial charge in [0.05, 0.1) is 6.20 Å². The van der Waals surface area contributed by atoms with E-state index in [1.54, 1.807) is 0 Å². The average molecular weight is 276 g/mol. The van der Waals surface area contributed by atoms with Crippen LogP contribution in [0.4, 0.5) is 4.79 Å². The molecular formula is C15H24N4O. The van der Waals surface area contributed by atoms with E-state index < -0.39 is 0 Å². The van der Waals surface area contributed by atoms with E-state index >= 15 is 0 Å². The Labute approximate surface area is 120 Å². The lowest BCUT2D eigenvalue weighted by Gasteiger charge is -2.32. The average Bonchev–Trinajstić information content (AvgIpc) is 3.02. The maximum absolute atomic E-state index is 12.4. The van der Waals surface area contributed by atoms with Gasteiger partial charge in [-0.15, -0.1) is 0 Å². The van der Waals surface area contributed by atoms with Crippen molar-refractivity contribution in [1.29, 1.82) is 0 Å². The van der Waals surface area contributed by atoms with Crippen LogP contribution in [0.25, 0.3) is 0 Å². The molecule has 2 atom stereocenters. The van der Waals surface area contributed by atoms with Crippen molar-refractivity contribution < 1.29 is 4.79 Å². The maximum atomic E-state index is 12.4. The summed E-state index contributed by atoms with van der Waals surface area (Å²) in [6.45, 7) is 4.42. The highest BCUT2D eigenvalue weighted by Gasteiger charge is 2.45. The summed E-state index contributed by atoms with van der Waals surface area (Å²) >= 11 is 0. The molecule has 0 aromatic carbocycles. The minimum absolute atomic E-state index is 0.0579. The summed E-state index contributed by atoms with van der Waals surface area (Å²) in [7, 11) is 1.91. The van der Waals surface area contributed by atoms with Crippen LogP contribution >= 0.6 is 0 Å². The molecule has 1 fully saturated rings. The first-order valence-electron chi connectivity index (χ1n) is 7.54. The van der Waals surface area contributed by atoms with Gasteiger partial charge in [0.1, 0.15) is 0 Å². The van der Waals surface area contributed by atoms with Crippen LogP contribution in [0.2, 0.25) is 0 Å². The summed E-state index contributed by atoms with van der Waals surface area (Å²) in [5.41, 5.74) is 2.80. The van der Waals surface area contributed by atoms with Crippen LogP contribution in [0.5, 0.6) is 0 Å². The number of H-pyrrole nitrogens is 1. The van der Waals surface area contributed by atoms with Crippen molar-refractivity contribution in [2.75, 3.05) is 7.05 Å². The van der Waals surface area contributed by atoms with Gasteiger partial charge in [0.25, 0.3) is 0 Å². The number of carbonyl (C=O) groups excluding carboxylic acids is 1. The Morgan fingerprint density at radius 1 is 1.60 bits per heavy atom. The van der Waals surface area contributed by atoms with E-state index in [1.807, 2.05) is 18.1 Å². The van der Waals surface area contributed by atoms with Gasteiger partial charge in [0.15, 0.2) is 0 Å². The molecule has 1 aromatic rings. The van der Waals surface area contributed by atoms with Crippen molar-refractivity contribution in [3.63, 3.8) is 0 Å². The zero-order valence-electron chi connectivity index (χ0n) is 12.6. The van der Waals surface area contributed by atoms with Crippen molar-refractivity contribution in [1.82, 2.24) is 20.4 Å². The zero-order chi connectivity index (χ0) is 14.3. The number of aromatic nitrogens is 2. The van der Waals surface area contributed by atoms with Gasteiger partial charge >= 0.3 is 6.03 Å². The van der Waals surface area contributed by atoms with Crippen molar-refractivity contribution >= 4 is 6.03 Å². The Kier molecular flexibility index (Phi) is 3.22. The minimum Gasteiger partial charge on any atom is -0.335 e. The molecule has 2 amide bonds. The van der Waals surface area contributed by atoms with Gasteiger partial charge in [-0.3, -0.25) is 5.10 Å². The van der Waals surface area contributed by atoms with E-state index in [4.69, 9.17) is 0 Å². The van der Waals surface area contributed by atoms with Crippen LogP contribution in [0.15, 0.2) is 6.20 Å². The molecule has 3 rings (SSSR count). The second-order valence-corrected chi connectivity index (χ2v) is 6.70. The lowest BCUT2D eigenvalue weighted by Crippen LogP contribution is -2.49. The number of hydrogen-bond acceptors (Lipinski definition) is 2. The Morgan fingerprint density at radius 3 is 3.05 bits per heavy atom. The number of rotatable bonds is 3. The predicted molar refractivity (Wildman–Crippen MR) is 77.5 cm³/mol. The molecule has 0 spiro atoms. The second-order valence-electron chi connectivity index (χ2n) is 6.70. The molecule has 20 heavy (non-hydrogen) atoms. The predicted octanol–water partition coefficient (Wildman–Crippen LogP) is 2.10. The molecule has 2 aliphatic carbocycles. The molecular weight excluding hydrogens is 252 g/mol. The molecule has 2 unspecified atom stereocenters. The van der Waals surface area contributed by atoms with Gasteiger partial charge < -0.3 is 10.2 Å². The van der Waals surface area contributed by atoms with Gasteiger partial charge in [0, 0.05) is 24.8 Å². The van der Waals surface area contributed by atoms with Crippen LogP contribution in [0.1, 0.15) is 44.4 Å². The number of urea groups is 1. The Morgan fingerprint density at radius 2 is 2.35 bits per heavy atom. The molecule has 110 valence electrons. The number of nitrogens with zero attached hydrogens (tertiary/aromatic N) is 2. The number of fused-ring (bicyclic) bond motifs is 1. The Balaban J connectivity index is 1.57. The number of carbonyl (C=O) groups is 1. The third-order valence-electron chi connectivity index (χ3n) is 5.29. The van der Waals surface area contributed by atoms with Gasteiger partial charge in [-0.25, -0.2) is 4.79 Å². The Bertz CT molecular complexity index is 506. The molecule has 5 nitrogen and oxygen atoms in total. The number of amides is 2. The quantitative estimate of drug-likeness (QED) is 0.888. The minimum atomic E-state index is 0.0579. The molecule has 1 aromatic heterocycles. The van der Waals surface area contributed by atoms with E-state index in [9.17, 15) is 4.79 Å². The van der Waals surface area contributed by atoms with Crippen molar-refractivity contribution in [3.05, 3.63) is 17.5 Å². The van der Waals surface area contributed by atoms with E-state index in [-0.39, 0.29) is 12.1 Å². The van der Waals surface area contributed by atoms with Crippen LogP contribution < -0.4 is 5.32 Å². The first-order chi connectivity index (χ1) is 9.49. The summed E-state index contributed by atoms with van der Waals surface area (Å²) in [6.07, 6.45) is 7.18. The standard InChI is InChI=1S/C15H24N4O/c1-10(15(2)6-7-15)19(3)14(20)17-12-4-5-13-11(8-12)9-16-18-13/h9-10,12H,4-8H2,1-3H3,(H,16,18)(H,17,20). The van der Waals surface area contributed by atoms with Crippen LogP contribution in [0.3, 0.4) is 0 Å². The van der Waals surface area contributed by atoms with Crippen LogP contribution in [-0.2, 0) is 12.8 Å². The summed E-state index contributed by atoms with van der Waals surface area (Å²) in [5.74, 6) is 0. The van der Waals surface area contributed by atoms with E-state index in [1.165, 1.54) is 24.1 Å². The topological polar surface area (TPSA) is 61.0 Å². The largest absolute Gasteiger partial charge is 0.335 e. The fourth-order valence-electron chi connectivity index (χ4n) is 3.07. The molecule has 0 saturated heterocycles. The SMILES string of the molecule is CC(N(C)C(=O)NC1CCc2[nH]ncc2C1)C1(C)CC1. The summed E-state index contributed by atoms with van der Waals surface area (Å²) in [5, 5.41) is 10.3. The second kappa shape index (κ2) is 4.79. The molecule has 2 N–H and O–H groups in total. The molecule has 0 bridgehead atoms. The molecule has 1 heterocycles. The summed E-state index contributed by atoms with van der Waals surface area (Å²) in [4.78, 5) is 14.2. The van der Waals surface area contributed by atoms with E-state index in [2.05, 4.69) is 29.4 Å². The highest BCUT2D eigenvalue weighted by molar-refractivity contribution is 5.74. The van der Waals surface area contributed by atoms with Crippen molar-refractivity contribution in [2.45, 2.75) is 58.0 Å². The molecule has 0 aliphatic heterocycles. The lowest BCUT2D eigenvalue weighted by atomic mass is 9.93. The third-order valence-corrected chi connectivity index (χ3v) is 5.29. The van der Waals surface area contributed by atoms with Crippen LogP contribution in [0, 0.1) is 5.41 Å².